The first-order valence-electron chi connectivity index (χ1n) is 10.0. The first-order chi connectivity index (χ1) is 15.4. The van der Waals surface area contributed by atoms with E-state index in [2.05, 4.69) is 20.6 Å². The van der Waals surface area contributed by atoms with Crippen molar-refractivity contribution in [2.24, 2.45) is 12.8 Å². The molecule has 33 heavy (non-hydrogen) atoms. The zero-order valence-corrected chi connectivity index (χ0v) is 18.7. The summed E-state index contributed by atoms with van der Waals surface area (Å²) in [6.07, 6.45) is 2.12. The van der Waals surface area contributed by atoms with Gasteiger partial charge in [-0.1, -0.05) is 18.2 Å². The standard InChI is InChI=1S/C23H23N7O2.ClH/c1-30-13-16(27-23(32)14-5-3-2-4-6-14)12-19(30)21-28-17-8-7-15(11-18(17)29-21)22(31)26-10-9-20(24)25;/h2-8,11-13H,9-10H2,1H3,(H3,24,25)(H,26,31)(H,27,32)(H,28,29);1H. The van der Waals surface area contributed by atoms with E-state index in [1.54, 1.807) is 30.3 Å². The van der Waals surface area contributed by atoms with Crippen LogP contribution in [-0.4, -0.2) is 38.7 Å². The minimum absolute atomic E-state index is 0. The number of aromatic amines is 1. The van der Waals surface area contributed by atoms with Gasteiger partial charge >= 0.3 is 0 Å². The SMILES string of the molecule is Cl.Cn1cc(NC(=O)c2ccccc2)cc1-c1nc2ccc(C(=O)NCCC(=N)N)cc2[nH]1. The number of amidine groups is 1. The predicted octanol–water partition coefficient (Wildman–Crippen LogP) is 3.30. The van der Waals surface area contributed by atoms with Crippen molar-refractivity contribution in [3.8, 4) is 11.5 Å². The lowest BCUT2D eigenvalue weighted by molar-refractivity contribution is 0.0954. The molecule has 2 aromatic heterocycles. The molecule has 0 aliphatic carbocycles. The number of nitrogens with one attached hydrogen (secondary N) is 4. The number of aromatic nitrogens is 3. The highest BCUT2D eigenvalue weighted by molar-refractivity contribution is 6.04. The molecule has 10 heteroatoms. The van der Waals surface area contributed by atoms with Gasteiger partial charge in [-0.05, 0) is 36.4 Å². The van der Waals surface area contributed by atoms with Gasteiger partial charge in [-0.2, -0.15) is 0 Å². The van der Waals surface area contributed by atoms with Crippen molar-refractivity contribution in [1.82, 2.24) is 19.9 Å². The average Bonchev–Trinajstić information content (AvgIpc) is 3.36. The number of hydrogen-bond donors (Lipinski definition) is 5. The molecule has 6 N–H and O–H groups in total. The Labute approximate surface area is 196 Å². The zero-order valence-electron chi connectivity index (χ0n) is 17.9. The number of fused-ring (bicyclic) bond motifs is 1. The number of amides is 2. The molecule has 0 aliphatic heterocycles. The molecule has 2 amide bonds. The molecule has 0 radical (unpaired) electrons. The molecule has 0 spiro atoms. The topological polar surface area (TPSA) is 142 Å². The maximum absolute atomic E-state index is 12.4. The Morgan fingerprint density at radius 3 is 2.58 bits per heavy atom. The molecule has 0 fully saturated rings. The Bertz CT molecular complexity index is 1310. The van der Waals surface area contributed by atoms with Crippen molar-refractivity contribution in [3.63, 3.8) is 0 Å². The number of anilines is 1. The van der Waals surface area contributed by atoms with Crippen molar-refractivity contribution >= 4 is 46.8 Å². The zero-order chi connectivity index (χ0) is 22.7. The largest absolute Gasteiger partial charge is 0.388 e. The summed E-state index contributed by atoms with van der Waals surface area (Å²) in [5.74, 6) is 0.222. The van der Waals surface area contributed by atoms with Crippen molar-refractivity contribution in [2.45, 2.75) is 6.42 Å². The van der Waals surface area contributed by atoms with Crippen LogP contribution < -0.4 is 16.4 Å². The molecule has 0 aliphatic rings. The van der Waals surface area contributed by atoms with Crippen LogP contribution in [0.3, 0.4) is 0 Å². The first kappa shape index (κ1) is 23.6. The molecule has 2 aromatic carbocycles. The fourth-order valence-corrected chi connectivity index (χ4v) is 3.35. The number of nitrogens with zero attached hydrogens (tertiary/aromatic N) is 2. The molecular formula is C23H24ClN7O2. The summed E-state index contributed by atoms with van der Waals surface area (Å²) in [7, 11) is 1.87. The van der Waals surface area contributed by atoms with Crippen molar-refractivity contribution in [3.05, 3.63) is 71.9 Å². The molecular weight excluding hydrogens is 442 g/mol. The lowest BCUT2D eigenvalue weighted by Crippen LogP contribution is -2.27. The fourth-order valence-electron chi connectivity index (χ4n) is 3.35. The van der Waals surface area contributed by atoms with Crippen LogP contribution >= 0.6 is 12.4 Å². The average molecular weight is 466 g/mol. The highest BCUT2D eigenvalue weighted by Crippen LogP contribution is 2.25. The van der Waals surface area contributed by atoms with E-state index in [0.29, 0.717) is 35.6 Å². The lowest BCUT2D eigenvalue weighted by atomic mass is 10.2. The van der Waals surface area contributed by atoms with Gasteiger partial charge in [-0.15, -0.1) is 12.4 Å². The van der Waals surface area contributed by atoms with Crippen LogP contribution in [0.25, 0.3) is 22.6 Å². The van der Waals surface area contributed by atoms with Gasteiger partial charge in [0.05, 0.1) is 28.3 Å². The maximum atomic E-state index is 12.4. The summed E-state index contributed by atoms with van der Waals surface area (Å²) in [5, 5.41) is 12.9. The van der Waals surface area contributed by atoms with Crippen LogP contribution in [0.15, 0.2) is 60.8 Å². The molecule has 170 valence electrons. The van der Waals surface area contributed by atoms with Crippen molar-refractivity contribution < 1.29 is 9.59 Å². The highest BCUT2D eigenvalue weighted by atomic mass is 35.5. The van der Waals surface area contributed by atoms with Crippen LogP contribution in [0.2, 0.25) is 0 Å². The van der Waals surface area contributed by atoms with E-state index in [1.807, 2.05) is 42.1 Å². The molecule has 0 saturated heterocycles. The first-order valence-corrected chi connectivity index (χ1v) is 10.0. The number of nitrogens with two attached hydrogens (primary N) is 1. The normalized spacial score (nSPS) is 10.5. The molecule has 0 bridgehead atoms. The van der Waals surface area contributed by atoms with Gasteiger partial charge in [-0.3, -0.25) is 15.0 Å². The van der Waals surface area contributed by atoms with Gasteiger partial charge in [0.1, 0.15) is 0 Å². The van der Waals surface area contributed by atoms with Gasteiger partial charge in [0.25, 0.3) is 11.8 Å². The number of carbonyl (C=O) groups excluding carboxylic acids is 2. The third-order valence-corrected chi connectivity index (χ3v) is 4.97. The third kappa shape index (κ3) is 5.39. The molecule has 0 unspecified atom stereocenters. The van der Waals surface area contributed by atoms with Crippen LogP contribution in [0.1, 0.15) is 27.1 Å². The number of hydrogen-bond acceptors (Lipinski definition) is 4. The number of carbonyl (C=O) groups is 2. The Hall–Kier alpha value is -4.11. The van der Waals surface area contributed by atoms with Crippen molar-refractivity contribution in [1.29, 1.82) is 5.41 Å². The second-order valence-electron chi connectivity index (χ2n) is 7.39. The minimum Gasteiger partial charge on any atom is -0.388 e. The smallest absolute Gasteiger partial charge is 0.255 e. The molecule has 0 saturated carbocycles. The third-order valence-electron chi connectivity index (χ3n) is 4.97. The number of halogens is 1. The molecule has 4 rings (SSSR count). The summed E-state index contributed by atoms with van der Waals surface area (Å²) in [6.45, 7) is 0.307. The number of benzene rings is 2. The summed E-state index contributed by atoms with van der Waals surface area (Å²) < 4.78 is 1.87. The number of imidazole rings is 1. The second-order valence-corrected chi connectivity index (χ2v) is 7.39. The Kier molecular flexibility index (Phi) is 7.14. The second kappa shape index (κ2) is 10.0. The predicted molar refractivity (Wildman–Crippen MR) is 131 cm³/mol. The van der Waals surface area contributed by atoms with Gasteiger partial charge < -0.3 is 25.9 Å². The van der Waals surface area contributed by atoms with Crippen LogP contribution in [0, 0.1) is 5.41 Å². The number of aryl methyl sites for hydroxylation is 1. The van der Waals surface area contributed by atoms with Gasteiger partial charge in [0, 0.05) is 37.3 Å². The summed E-state index contributed by atoms with van der Waals surface area (Å²) in [4.78, 5) is 32.6. The van der Waals surface area contributed by atoms with E-state index in [9.17, 15) is 9.59 Å². The van der Waals surface area contributed by atoms with E-state index < -0.39 is 0 Å². The maximum Gasteiger partial charge on any atom is 0.255 e. The minimum atomic E-state index is -0.242. The van der Waals surface area contributed by atoms with Gasteiger partial charge in [0.15, 0.2) is 5.82 Å². The van der Waals surface area contributed by atoms with E-state index in [0.717, 1.165) is 16.7 Å². The van der Waals surface area contributed by atoms with Gasteiger partial charge in [0.2, 0.25) is 0 Å². The van der Waals surface area contributed by atoms with Crippen LogP contribution in [-0.2, 0) is 7.05 Å². The number of H-pyrrole nitrogens is 1. The summed E-state index contributed by atoms with van der Waals surface area (Å²) in [6, 6.07) is 16.1. The van der Waals surface area contributed by atoms with E-state index in [-0.39, 0.29) is 30.1 Å². The van der Waals surface area contributed by atoms with Gasteiger partial charge in [-0.25, -0.2) is 4.98 Å². The van der Waals surface area contributed by atoms with Crippen molar-refractivity contribution in [2.75, 3.05) is 11.9 Å². The Morgan fingerprint density at radius 1 is 1.09 bits per heavy atom. The van der Waals surface area contributed by atoms with E-state index in [1.165, 1.54) is 0 Å². The van der Waals surface area contributed by atoms with Crippen LogP contribution in [0.5, 0.6) is 0 Å². The molecule has 9 nitrogen and oxygen atoms in total. The summed E-state index contributed by atoms with van der Waals surface area (Å²) in [5.41, 5.74) is 9.26. The Balaban J connectivity index is 0.00000306. The molecule has 2 heterocycles. The van der Waals surface area contributed by atoms with Crippen LogP contribution in [0.4, 0.5) is 5.69 Å². The summed E-state index contributed by atoms with van der Waals surface area (Å²) >= 11 is 0. The number of rotatable bonds is 7. The van der Waals surface area contributed by atoms with E-state index >= 15 is 0 Å². The fraction of sp³-hybridized carbons (Fsp3) is 0.130. The lowest BCUT2D eigenvalue weighted by Gasteiger charge is -2.04. The highest BCUT2D eigenvalue weighted by Gasteiger charge is 2.14. The van der Waals surface area contributed by atoms with E-state index in [4.69, 9.17) is 11.1 Å². The quantitative estimate of drug-likeness (QED) is 0.211. The molecule has 4 aromatic rings. The monoisotopic (exact) mass is 465 g/mol. The molecule has 0 atom stereocenters. The Morgan fingerprint density at radius 2 is 1.85 bits per heavy atom.